The summed E-state index contributed by atoms with van der Waals surface area (Å²) in [6.07, 6.45) is 6.56. The first-order chi connectivity index (χ1) is 9.46. The molecule has 1 aliphatic rings. The molecule has 1 nitrogen and oxygen atoms in total. The molecular formula is C20H41N. The van der Waals surface area contributed by atoms with Gasteiger partial charge in [0.15, 0.2) is 0 Å². The average molecular weight is 296 g/mol. The van der Waals surface area contributed by atoms with E-state index in [2.05, 4.69) is 55.4 Å². The maximum Gasteiger partial charge on any atom is 0.00702 e. The van der Waals surface area contributed by atoms with Gasteiger partial charge in [-0.2, -0.15) is 0 Å². The summed E-state index contributed by atoms with van der Waals surface area (Å²) in [6.45, 7) is 19.1. The van der Waals surface area contributed by atoms with Crippen molar-refractivity contribution in [3.63, 3.8) is 0 Å². The van der Waals surface area contributed by atoms with E-state index in [0.29, 0.717) is 16.9 Å². The molecule has 1 heteroatoms. The number of hydrogen-bond donors (Lipinski definition) is 1. The van der Waals surface area contributed by atoms with Crippen molar-refractivity contribution >= 4 is 0 Å². The highest BCUT2D eigenvalue weighted by Gasteiger charge is 2.38. The third kappa shape index (κ3) is 5.58. The van der Waals surface area contributed by atoms with Crippen LogP contribution in [-0.2, 0) is 0 Å². The molecule has 1 aliphatic carbocycles. The first-order valence-corrected chi connectivity index (χ1v) is 9.22. The van der Waals surface area contributed by atoms with Gasteiger partial charge in [-0.1, -0.05) is 61.8 Å². The Labute approximate surface area is 134 Å². The zero-order chi connectivity index (χ0) is 16.4. The van der Waals surface area contributed by atoms with Crippen molar-refractivity contribution in [2.24, 2.45) is 40.2 Å². The molecular weight excluding hydrogens is 254 g/mol. The van der Waals surface area contributed by atoms with Crippen LogP contribution in [0.2, 0.25) is 0 Å². The van der Waals surface area contributed by atoms with E-state index in [-0.39, 0.29) is 0 Å². The van der Waals surface area contributed by atoms with Gasteiger partial charge in [-0.3, -0.25) is 0 Å². The highest BCUT2D eigenvalue weighted by atomic mass is 14.7. The normalized spacial score (nSPS) is 31.7. The molecule has 0 bridgehead atoms. The zero-order valence-corrected chi connectivity index (χ0v) is 16.0. The minimum Gasteiger partial charge on any atom is -0.327 e. The molecule has 0 aromatic heterocycles. The second kappa shape index (κ2) is 7.02. The predicted molar refractivity (Wildman–Crippen MR) is 95.3 cm³/mol. The average Bonchev–Trinajstić information content (AvgIpc) is 2.30. The van der Waals surface area contributed by atoms with E-state index in [1.165, 1.54) is 32.1 Å². The SMILES string of the molecule is CCC1CC(CC(C)(C)C)C(N)CC1CC(C)(C)C(C)C. The number of nitrogens with two attached hydrogens (primary N) is 1. The minimum absolute atomic E-state index is 0.407. The summed E-state index contributed by atoms with van der Waals surface area (Å²) in [7, 11) is 0. The Morgan fingerprint density at radius 3 is 1.90 bits per heavy atom. The van der Waals surface area contributed by atoms with Crippen molar-refractivity contribution in [1.82, 2.24) is 0 Å². The van der Waals surface area contributed by atoms with Crippen LogP contribution < -0.4 is 5.73 Å². The summed E-state index contributed by atoms with van der Waals surface area (Å²) >= 11 is 0. The Bertz CT molecular complexity index is 310. The summed E-state index contributed by atoms with van der Waals surface area (Å²) in [5.41, 5.74) is 7.43. The Hall–Kier alpha value is -0.0400. The predicted octanol–water partition coefficient (Wildman–Crippen LogP) is 5.87. The molecule has 126 valence electrons. The standard InChI is InChI=1S/C20H41N/c1-9-15-10-17(12-19(4,5)6)18(21)11-16(15)13-20(7,8)14(2)3/h14-18H,9-13,21H2,1-8H3. The first kappa shape index (κ1) is 19.0. The molecule has 4 unspecified atom stereocenters. The van der Waals surface area contributed by atoms with Crippen molar-refractivity contribution in [1.29, 1.82) is 0 Å². The van der Waals surface area contributed by atoms with E-state index >= 15 is 0 Å². The molecule has 0 aliphatic heterocycles. The van der Waals surface area contributed by atoms with E-state index < -0.39 is 0 Å². The maximum atomic E-state index is 6.59. The van der Waals surface area contributed by atoms with Crippen LogP contribution in [0.4, 0.5) is 0 Å². The lowest BCUT2D eigenvalue weighted by Gasteiger charge is -2.45. The molecule has 2 N–H and O–H groups in total. The van der Waals surface area contributed by atoms with Gasteiger partial charge >= 0.3 is 0 Å². The van der Waals surface area contributed by atoms with Crippen molar-refractivity contribution in [3.8, 4) is 0 Å². The van der Waals surface area contributed by atoms with Crippen LogP contribution in [0.15, 0.2) is 0 Å². The van der Waals surface area contributed by atoms with Gasteiger partial charge in [-0.15, -0.1) is 0 Å². The summed E-state index contributed by atoms with van der Waals surface area (Å²) < 4.78 is 0. The van der Waals surface area contributed by atoms with E-state index in [9.17, 15) is 0 Å². The van der Waals surface area contributed by atoms with E-state index in [4.69, 9.17) is 5.73 Å². The first-order valence-electron chi connectivity index (χ1n) is 9.22. The molecule has 0 heterocycles. The highest BCUT2D eigenvalue weighted by Crippen LogP contribution is 2.46. The second-order valence-corrected chi connectivity index (χ2v) is 9.94. The van der Waals surface area contributed by atoms with Crippen LogP contribution in [0.1, 0.15) is 87.5 Å². The number of rotatable bonds is 5. The second-order valence-electron chi connectivity index (χ2n) is 9.94. The van der Waals surface area contributed by atoms with Gasteiger partial charge in [-0.25, -0.2) is 0 Å². The Balaban J connectivity index is 2.74. The molecule has 0 spiro atoms. The zero-order valence-electron chi connectivity index (χ0n) is 16.0. The topological polar surface area (TPSA) is 26.0 Å². The molecule has 0 aromatic rings. The smallest absolute Gasteiger partial charge is 0.00702 e. The minimum atomic E-state index is 0.407. The van der Waals surface area contributed by atoms with Crippen molar-refractivity contribution in [2.75, 3.05) is 0 Å². The van der Waals surface area contributed by atoms with E-state index in [1.54, 1.807) is 0 Å². The van der Waals surface area contributed by atoms with Gasteiger partial charge in [0.05, 0.1) is 0 Å². The Kier molecular flexibility index (Phi) is 6.36. The van der Waals surface area contributed by atoms with Gasteiger partial charge in [-0.05, 0) is 60.2 Å². The lowest BCUT2D eigenvalue weighted by molar-refractivity contribution is 0.0709. The molecule has 0 radical (unpaired) electrons. The molecule has 1 fully saturated rings. The monoisotopic (exact) mass is 295 g/mol. The fourth-order valence-corrected chi connectivity index (χ4v) is 4.17. The molecule has 21 heavy (non-hydrogen) atoms. The number of hydrogen-bond acceptors (Lipinski definition) is 1. The van der Waals surface area contributed by atoms with Crippen molar-refractivity contribution in [3.05, 3.63) is 0 Å². The van der Waals surface area contributed by atoms with Gasteiger partial charge in [0, 0.05) is 6.04 Å². The largest absolute Gasteiger partial charge is 0.327 e. The Morgan fingerprint density at radius 2 is 1.48 bits per heavy atom. The lowest BCUT2D eigenvalue weighted by Crippen LogP contribution is -2.43. The molecule has 0 saturated heterocycles. The summed E-state index contributed by atoms with van der Waals surface area (Å²) in [6, 6.07) is 0.417. The van der Waals surface area contributed by atoms with Crippen molar-refractivity contribution < 1.29 is 0 Å². The third-order valence-corrected chi connectivity index (χ3v) is 6.20. The van der Waals surface area contributed by atoms with Crippen LogP contribution in [-0.4, -0.2) is 6.04 Å². The molecule has 1 saturated carbocycles. The lowest BCUT2D eigenvalue weighted by atomic mass is 9.62. The molecule has 0 amide bonds. The van der Waals surface area contributed by atoms with E-state index in [1.807, 2.05) is 0 Å². The third-order valence-electron chi connectivity index (χ3n) is 6.20. The van der Waals surface area contributed by atoms with E-state index in [0.717, 1.165) is 23.7 Å². The molecule has 1 rings (SSSR count). The van der Waals surface area contributed by atoms with Gasteiger partial charge in [0.1, 0.15) is 0 Å². The van der Waals surface area contributed by atoms with Crippen LogP contribution in [0.25, 0.3) is 0 Å². The van der Waals surface area contributed by atoms with Gasteiger partial charge in [0.25, 0.3) is 0 Å². The summed E-state index contributed by atoms with van der Waals surface area (Å²) in [4.78, 5) is 0. The summed E-state index contributed by atoms with van der Waals surface area (Å²) in [5, 5.41) is 0. The van der Waals surface area contributed by atoms with Gasteiger partial charge < -0.3 is 5.73 Å². The van der Waals surface area contributed by atoms with Crippen LogP contribution >= 0.6 is 0 Å². The fourth-order valence-electron chi connectivity index (χ4n) is 4.17. The Morgan fingerprint density at radius 1 is 0.905 bits per heavy atom. The quantitative estimate of drug-likeness (QED) is 0.674. The fraction of sp³-hybridized carbons (Fsp3) is 1.00. The van der Waals surface area contributed by atoms with Crippen LogP contribution in [0, 0.1) is 34.5 Å². The van der Waals surface area contributed by atoms with Crippen LogP contribution in [0.5, 0.6) is 0 Å². The highest BCUT2D eigenvalue weighted by molar-refractivity contribution is 4.91. The molecule has 4 atom stereocenters. The van der Waals surface area contributed by atoms with Gasteiger partial charge in [0.2, 0.25) is 0 Å². The van der Waals surface area contributed by atoms with Crippen LogP contribution in [0.3, 0.4) is 0 Å². The summed E-state index contributed by atoms with van der Waals surface area (Å²) in [5.74, 6) is 3.20. The maximum absolute atomic E-state index is 6.59. The van der Waals surface area contributed by atoms with Crippen molar-refractivity contribution in [2.45, 2.75) is 93.5 Å². The molecule has 0 aromatic carbocycles.